The summed E-state index contributed by atoms with van der Waals surface area (Å²) in [4.78, 5) is 12.7. The van der Waals surface area contributed by atoms with Crippen LogP contribution >= 0.6 is 0 Å². The molecule has 0 fully saturated rings. The molecule has 1 atom stereocenters. The number of nitrogens with two attached hydrogens (primary N) is 1. The van der Waals surface area contributed by atoms with Crippen LogP contribution in [-0.2, 0) is 27.4 Å². The highest BCUT2D eigenvalue weighted by molar-refractivity contribution is 5.82. The van der Waals surface area contributed by atoms with Crippen molar-refractivity contribution in [2.45, 2.75) is 24.8 Å². The van der Waals surface area contributed by atoms with Crippen LogP contribution in [0.4, 0.5) is 26.3 Å². The summed E-state index contributed by atoms with van der Waals surface area (Å²) in [5, 5.41) is 6.89. The quantitative estimate of drug-likeness (QED) is 0.516. The van der Waals surface area contributed by atoms with Crippen LogP contribution in [0, 0.1) is 0 Å². The normalized spacial score (nSPS) is 19.1. The van der Waals surface area contributed by atoms with Crippen molar-refractivity contribution in [2.75, 3.05) is 13.2 Å². The van der Waals surface area contributed by atoms with Gasteiger partial charge >= 0.3 is 12.4 Å². The average molecular weight is 448 g/mol. The van der Waals surface area contributed by atoms with Gasteiger partial charge in [0, 0.05) is 0 Å². The second-order valence-electron chi connectivity index (χ2n) is 6.85. The average Bonchev–Trinajstić information content (AvgIpc) is 2.67. The number of carboxylic acid groups (broad SMARTS) is 1. The number of halogens is 6. The molecular formula is C20H18F6N2O3. The van der Waals surface area contributed by atoms with Gasteiger partial charge in [-0.15, -0.1) is 0 Å². The topological polar surface area (TPSA) is 84.9 Å². The Morgan fingerprint density at radius 2 is 1.58 bits per heavy atom. The van der Waals surface area contributed by atoms with Gasteiger partial charge in [0.15, 0.2) is 0 Å². The number of alkyl halides is 6. The van der Waals surface area contributed by atoms with Gasteiger partial charge in [0.05, 0.1) is 17.7 Å². The Hall–Kier alpha value is -3.08. The maximum Gasteiger partial charge on any atom is 0.416 e. The van der Waals surface area contributed by atoms with Gasteiger partial charge in [0.1, 0.15) is 18.0 Å². The van der Waals surface area contributed by atoms with E-state index in [1.54, 1.807) is 19.1 Å². The number of ether oxygens (including phenoxy) is 1. The highest BCUT2D eigenvalue weighted by atomic mass is 19.4. The second-order valence-corrected chi connectivity index (χ2v) is 6.85. The van der Waals surface area contributed by atoms with Gasteiger partial charge in [-0.3, -0.25) is 9.79 Å². The number of benzene rings is 2. The number of amidine groups is 1. The highest BCUT2D eigenvalue weighted by Gasteiger charge is 2.37. The zero-order valence-electron chi connectivity index (χ0n) is 16.1. The third-order valence-corrected chi connectivity index (χ3v) is 4.43. The zero-order chi connectivity index (χ0) is 23.4. The van der Waals surface area contributed by atoms with Crippen LogP contribution in [0.3, 0.4) is 0 Å². The van der Waals surface area contributed by atoms with Gasteiger partial charge in [0.25, 0.3) is 6.47 Å². The molecule has 2 aromatic rings. The number of hydrogen-bond donors (Lipinski definition) is 2. The maximum atomic E-state index is 13.1. The van der Waals surface area contributed by atoms with Gasteiger partial charge in [0.2, 0.25) is 0 Å². The molecule has 1 aliphatic heterocycles. The Balaban J connectivity index is 0.00000107. The van der Waals surface area contributed by atoms with Crippen LogP contribution in [-0.4, -0.2) is 30.6 Å². The predicted octanol–water partition coefficient (Wildman–Crippen LogP) is 4.69. The van der Waals surface area contributed by atoms with Crippen molar-refractivity contribution >= 4 is 12.3 Å². The number of rotatable bonds is 2. The standard InChI is InChI=1S/C19H16F6N2O.CH2O2/c1-17(10-28-9-16(26)27-17)13-4-2-3-11(5-13)12-6-14(18(20,21)22)8-15(7-12)19(23,24)25;2-1-3/h2-8H,9-10H2,1H3,(H2,26,27);1H,(H,2,3). The van der Waals surface area contributed by atoms with Gasteiger partial charge in [-0.05, 0) is 47.9 Å². The first-order valence-corrected chi connectivity index (χ1v) is 8.70. The Kier molecular flexibility index (Phi) is 6.99. The van der Waals surface area contributed by atoms with Crippen molar-refractivity contribution in [2.24, 2.45) is 10.7 Å². The number of nitrogens with zero attached hydrogens (tertiary/aromatic N) is 1. The molecular weight excluding hydrogens is 430 g/mol. The van der Waals surface area contributed by atoms with E-state index in [2.05, 4.69) is 4.99 Å². The molecule has 168 valence electrons. The fourth-order valence-electron chi connectivity index (χ4n) is 3.04. The van der Waals surface area contributed by atoms with E-state index in [1.807, 2.05) is 0 Å². The third kappa shape index (κ3) is 5.97. The Bertz CT molecular complexity index is 940. The highest BCUT2D eigenvalue weighted by Crippen LogP contribution is 2.39. The SMILES string of the molecule is CC1(c2cccc(-c3cc(C(F)(F)F)cc(C(F)(F)F)c3)c2)COCC(N)=N1.O=CO. The van der Waals surface area contributed by atoms with E-state index in [1.165, 1.54) is 12.1 Å². The van der Waals surface area contributed by atoms with E-state index in [0.717, 1.165) is 0 Å². The molecule has 3 N–H and O–H groups in total. The van der Waals surface area contributed by atoms with Gasteiger partial charge < -0.3 is 15.6 Å². The van der Waals surface area contributed by atoms with Crippen LogP contribution in [0.1, 0.15) is 23.6 Å². The number of carbonyl (C=O) groups is 1. The van der Waals surface area contributed by atoms with E-state index >= 15 is 0 Å². The molecule has 0 aromatic heterocycles. The zero-order valence-corrected chi connectivity index (χ0v) is 16.1. The lowest BCUT2D eigenvalue weighted by Crippen LogP contribution is -2.37. The summed E-state index contributed by atoms with van der Waals surface area (Å²) in [5.74, 6) is 0.262. The van der Waals surface area contributed by atoms with E-state index in [9.17, 15) is 26.3 Å². The van der Waals surface area contributed by atoms with E-state index in [0.29, 0.717) is 17.7 Å². The monoisotopic (exact) mass is 448 g/mol. The smallest absolute Gasteiger partial charge is 0.416 e. The number of hydrogen-bond acceptors (Lipinski definition) is 4. The van der Waals surface area contributed by atoms with Gasteiger partial charge in [-0.2, -0.15) is 26.3 Å². The minimum Gasteiger partial charge on any atom is -0.483 e. The largest absolute Gasteiger partial charge is 0.483 e. The van der Waals surface area contributed by atoms with Crippen molar-refractivity contribution in [1.29, 1.82) is 0 Å². The Morgan fingerprint density at radius 3 is 2.06 bits per heavy atom. The summed E-state index contributed by atoms with van der Waals surface area (Å²) in [6.07, 6.45) is -9.81. The second kappa shape index (κ2) is 8.96. The molecule has 5 nitrogen and oxygen atoms in total. The molecule has 1 aliphatic rings. The van der Waals surface area contributed by atoms with E-state index in [4.69, 9.17) is 20.4 Å². The molecule has 1 heterocycles. The minimum atomic E-state index is -4.91. The summed E-state index contributed by atoms with van der Waals surface area (Å²) >= 11 is 0. The Labute approximate surface area is 173 Å². The first kappa shape index (κ1) is 24.2. The van der Waals surface area contributed by atoms with Crippen molar-refractivity contribution in [3.05, 3.63) is 59.2 Å². The van der Waals surface area contributed by atoms with Crippen molar-refractivity contribution in [3.8, 4) is 11.1 Å². The summed E-state index contributed by atoms with van der Waals surface area (Å²) in [7, 11) is 0. The molecule has 2 aromatic carbocycles. The van der Waals surface area contributed by atoms with Crippen LogP contribution in [0.5, 0.6) is 0 Å². The lowest BCUT2D eigenvalue weighted by atomic mass is 9.89. The third-order valence-electron chi connectivity index (χ3n) is 4.43. The van der Waals surface area contributed by atoms with Gasteiger partial charge in [-0.25, -0.2) is 0 Å². The van der Waals surface area contributed by atoms with Crippen LogP contribution in [0.15, 0.2) is 47.5 Å². The molecule has 0 radical (unpaired) electrons. The summed E-state index contributed by atoms with van der Waals surface area (Å²) < 4.78 is 84.0. The van der Waals surface area contributed by atoms with E-state index < -0.39 is 29.0 Å². The molecule has 0 spiro atoms. The van der Waals surface area contributed by atoms with Crippen molar-refractivity contribution in [1.82, 2.24) is 0 Å². The first-order valence-electron chi connectivity index (χ1n) is 8.70. The predicted molar refractivity (Wildman–Crippen MR) is 100 cm³/mol. The summed E-state index contributed by atoms with van der Waals surface area (Å²) in [6, 6.07) is 7.67. The molecule has 0 bridgehead atoms. The van der Waals surface area contributed by atoms with Crippen LogP contribution < -0.4 is 5.73 Å². The lowest BCUT2D eigenvalue weighted by molar-refractivity contribution is -0.143. The first-order chi connectivity index (χ1) is 14.3. The molecule has 0 saturated carbocycles. The van der Waals surface area contributed by atoms with Crippen molar-refractivity contribution in [3.63, 3.8) is 0 Å². The fourth-order valence-corrected chi connectivity index (χ4v) is 3.04. The molecule has 31 heavy (non-hydrogen) atoms. The fraction of sp³-hybridized carbons (Fsp3) is 0.300. The van der Waals surface area contributed by atoms with Crippen LogP contribution in [0.25, 0.3) is 11.1 Å². The van der Waals surface area contributed by atoms with Gasteiger partial charge in [-0.1, -0.05) is 18.2 Å². The van der Waals surface area contributed by atoms with Crippen molar-refractivity contribution < 1.29 is 41.0 Å². The molecule has 11 heteroatoms. The Morgan fingerprint density at radius 1 is 1.03 bits per heavy atom. The van der Waals surface area contributed by atoms with Crippen LogP contribution in [0.2, 0.25) is 0 Å². The molecule has 1 unspecified atom stereocenters. The summed E-state index contributed by atoms with van der Waals surface area (Å²) in [6.45, 7) is 1.83. The maximum absolute atomic E-state index is 13.1. The summed E-state index contributed by atoms with van der Waals surface area (Å²) in [5.41, 5.74) is 2.68. The van der Waals surface area contributed by atoms with E-state index in [-0.39, 0.29) is 42.7 Å². The molecule has 0 aliphatic carbocycles. The number of aliphatic imine (C=N–C) groups is 1. The minimum absolute atomic E-state index is 0.106. The molecule has 0 saturated heterocycles. The molecule has 3 rings (SSSR count). The lowest BCUT2D eigenvalue weighted by Gasteiger charge is -2.30. The molecule has 0 amide bonds.